The van der Waals surface area contributed by atoms with E-state index in [-0.39, 0.29) is 5.56 Å². The highest BCUT2D eigenvalue weighted by atomic mass is 35.5. The number of pyridine rings is 1. The van der Waals surface area contributed by atoms with Crippen molar-refractivity contribution in [1.82, 2.24) is 4.98 Å². The monoisotopic (exact) mass is 341 g/mol. The number of nitrogens with one attached hydrogen (secondary N) is 2. The Morgan fingerprint density at radius 1 is 1.25 bits per heavy atom. The van der Waals surface area contributed by atoms with Gasteiger partial charge in [-0.05, 0) is 36.4 Å². The van der Waals surface area contributed by atoms with Crippen LogP contribution in [-0.2, 0) is 18.0 Å². The van der Waals surface area contributed by atoms with E-state index in [0.29, 0.717) is 23.7 Å². The summed E-state index contributed by atoms with van der Waals surface area (Å²) in [6.45, 7) is 1.03. The summed E-state index contributed by atoms with van der Waals surface area (Å²) in [5.41, 5.74) is 4.48. The highest BCUT2D eigenvalue weighted by Gasteiger charge is 2.16. The predicted molar refractivity (Wildman–Crippen MR) is 96.5 cm³/mol. The van der Waals surface area contributed by atoms with Gasteiger partial charge in [0.25, 0.3) is 5.56 Å². The van der Waals surface area contributed by atoms with Crippen LogP contribution in [-0.4, -0.2) is 12.0 Å². The van der Waals surface area contributed by atoms with Crippen molar-refractivity contribution < 1.29 is 4.84 Å². The maximum Gasteiger partial charge on any atom is 0.253 e. The molecule has 1 aliphatic heterocycles. The number of hydrogen-bond acceptors (Lipinski definition) is 4. The Labute approximate surface area is 143 Å². The van der Waals surface area contributed by atoms with Gasteiger partial charge in [0.2, 0.25) is 0 Å². The molecule has 0 unspecified atom stereocenters. The summed E-state index contributed by atoms with van der Waals surface area (Å²) in [7, 11) is 1.88. The summed E-state index contributed by atoms with van der Waals surface area (Å²) in [4.78, 5) is 20.6. The minimum atomic E-state index is -0.0982. The second kappa shape index (κ2) is 5.85. The number of halogens is 1. The molecule has 4 rings (SSSR count). The first-order chi connectivity index (χ1) is 11.6. The van der Waals surface area contributed by atoms with Gasteiger partial charge in [-0.15, -0.1) is 0 Å². The van der Waals surface area contributed by atoms with E-state index in [1.165, 1.54) is 0 Å². The number of aromatic nitrogens is 1. The molecule has 0 spiro atoms. The number of fused-ring (bicyclic) bond motifs is 2. The molecule has 0 saturated carbocycles. The van der Waals surface area contributed by atoms with Gasteiger partial charge in [-0.3, -0.25) is 14.7 Å². The topological polar surface area (TPSA) is 57.4 Å². The zero-order valence-corrected chi connectivity index (χ0v) is 13.9. The van der Waals surface area contributed by atoms with E-state index in [0.717, 1.165) is 27.8 Å². The summed E-state index contributed by atoms with van der Waals surface area (Å²) in [6.07, 6.45) is 0. The molecule has 122 valence electrons. The molecule has 1 aliphatic rings. The summed E-state index contributed by atoms with van der Waals surface area (Å²) in [5.74, 6) is 0. The fourth-order valence-electron chi connectivity index (χ4n) is 2.88. The second-order valence-electron chi connectivity index (χ2n) is 5.82. The van der Waals surface area contributed by atoms with Crippen LogP contribution in [0.5, 0.6) is 0 Å². The Kier molecular flexibility index (Phi) is 3.67. The minimum Gasteiger partial charge on any atom is -0.381 e. The van der Waals surface area contributed by atoms with Crippen molar-refractivity contribution in [2.24, 2.45) is 0 Å². The molecule has 0 amide bonds. The molecular weight excluding hydrogens is 326 g/mol. The Morgan fingerprint density at radius 3 is 3.00 bits per heavy atom. The number of anilines is 2. The number of H-pyrrole nitrogens is 1. The van der Waals surface area contributed by atoms with Crippen LogP contribution in [0.4, 0.5) is 11.4 Å². The van der Waals surface area contributed by atoms with Crippen molar-refractivity contribution in [2.45, 2.75) is 13.2 Å². The molecule has 5 nitrogen and oxygen atoms in total. The lowest BCUT2D eigenvalue weighted by molar-refractivity contribution is 0.131. The number of benzene rings is 2. The number of hydroxylamine groups is 1. The molecular formula is C18H16ClN3O2. The summed E-state index contributed by atoms with van der Waals surface area (Å²) in [6, 6.07) is 13.3. The third-order valence-electron chi connectivity index (χ3n) is 4.20. The van der Waals surface area contributed by atoms with Crippen LogP contribution >= 0.6 is 11.6 Å². The first-order valence-electron chi connectivity index (χ1n) is 7.65. The van der Waals surface area contributed by atoms with Gasteiger partial charge in [-0.1, -0.05) is 17.7 Å². The first-order valence-corrected chi connectivity index (χ1v) is 8.03. The average molecular weight is 342 g/mol. The van der Waals surface area contributed by atoms with E-state index in [4.69, 9.17) is 16.4 Å². The maximum atomic E-state index is 12.2. The van der Waals surface area contributed by atoms with Gasteiger partial charge in [0.15, 0.2) is 0 Å². The van der Waals surface area contributed by atoms with Crippen molar-refractivity contribution >= 4 is 33.9 Å². The molecule has 0 saturated heterocycles. The number of aromatic amines is 1. The molecule has 2 N–H and O–H groups in total. The SMILES string of the molecule is CN1OCc2ccc(NCc3cc4cc(Cl)ccc4[nH]c3=O)cc21. The molecule has 1 aromatic heterocycles. The lowest BCUT2D eigenvalue weighted by Gasteiger charge is -2.12. The third kappa shape index (κ3) is 2.72. The summed E-state index contributed by atoms with van der Waals surface area (Å²) >= 11 is 6.03. The van der Waals surface area contributed by atoms with Gasteiger partial charge in [-0.25, -0.2) is 0 Å². The van der Waals surface area contributed by atoms with Gasteiger partial charge >= 0.3 is 0 Å². The third-order valence-corrected chi connectivity index (χ3v) is 4.44. The standard InChI is InChI=1S/C18H16ClN3O2/c1-22-17-8-15(4-2-11(17)10-24-22)20-9-13-6-12-7-14(19)3-5-16(12)21-18(13)23/h2-8,20H,9-10H2,1H3,(H,21,23). The van der Waals surface area contributed by atoms with E-state index < -0.39 is 0 Å². The molecule has 0 atom stereocenters. The molecule has 0 fully saturated rings. The molecule has 0 bridgehead atoms. The van der Waals surface area contributed by atoms with Crippen LogP contribution in [0.3, 0.4) is 0 Å². The highest BCUT2D eigenvalue weighted by Crippen LogP contribution is 2.30. The smallest absolute Gasteiger partial charge is 0.253 e. The van der Waals surface area contributed by atoms with E-state index >= 15 is 0 Å². The van der Waals surface area contributed by atoms with Crippen LogP contribution in [0.15, 0.2) is 47.3 Å². The Morgan fingerprint density at radius 2 is 2.12 bits per heavy atom. The normalized spacial score (nSPS) is 13.3. The lowest BCUT2D eigenvalue weighted by Crippen LogP contribution is -2.15. The summed E-state index contributed by atoms with van der Waals surface area (Å²) in [5, 5.41) is 6.62. The van der Waals surface area contributed by atoms with Crippen LogP contribution in [0.1, 0.15) is 11.1 Å². The van der Waals surface area contributed by atoms with Crippen molar-refractivity contribution in [1.29, 1.82) is 0 Å². The predicted octanol–water partition coefficient (Wildman–Crippen LogP) is 3.68. The number of hydrogen-bond donors (Lipinski definition) is 2. The molecule has 3 aromatic rings. The van der Waals surface area contributed by atoms with Crippen LogP contribution in [0, 0.1) is 0 Å². The van der Waals surface area contributed by atoms with Gasteiger partial charge in [0.05, 0.1) is 5.69 Å². The van der Waals surface area contributed by atoms with Gasteiger partial charge in [0.1, 0.15) is 6.61 Å². The zero-order valence-electron chi connectivity index (χ0n) is 13.1. The van der Waals surface area contributed by atoms with Crippen LogP contribution in [0.2, 0.25) is 5.02 Å². The molecule has 24 heavy (non-hydrogen) atoms. The van der Waals surface area contributed by atoms with Gasteiger partial charge < -0.3 is 10.3 Å². The van der Waals surface area contributed by atoms with E-state index in [1.54, 1.807) is 11.1 Å². The zero-order chi connectivity index (χ0) is 16.7. The molecule has 2 aromatic carbocycles. The van der Waals surface area contributed by atoms with Crippen molar-refractivity contribution in [3.63, 3.8) is 0 Å². The average Bonchev–Trinajstić information content (AvgIpc) is 2.94. The minimum absolute atomic E-state index is 0.0982. The molecule has 0 aliphatic carbocycles. The van der Waals surface area contributed by atoms with Crippen molar-refractivity contribution in [3.8, 4) is 0 Å². The Hall–Kier alpha value is -2.50. The van der Waals surface area contributed by atoms with Gasteiger partial charge in [0, 0.05) is 46.3 Å². The van der Waals surface area contributed by atoms with Crippen molar-refractivity contribution in [2.75, 3.05) is 17.4 Å². The van der Waals surface area contributed by atoms with E-state index in [1.807, 2.05) is 43.4 Å². The highest BCUT2D eigenvalue weighted by molar-refractivity contribution is 6.31. The maximum absolute atomic E-state index is 12.2. The fourth-order valence-corrected chi connectivity index (χ4v) is 3.06. The molecule has 2 heterocycles. The van der Waals surface area contributed by atoms with Crippen molar-refractivity contribution in [3.05, 3.63) is 69.0 Å². The largest absolute Gasteiger partial charge is 0.381 e. The van der Waals surface area contributed by atoms with Crippen LogP contribution in [0.25, 0.3) is 10.9 Å². The number of rotatable bonds is 3. The van der Waals surface area contributed by atoms with E-state index in [2.05, 4.69) is 10.3 Å². The Balaban J connectivity index is 1.60. The fraction of sp³-hybridized carbons (Fsp3) is 0.167. The summed E-state index contributed by atoms with van der Waals surface area (Å²) < 4.78 is 0. The molecule has 0 radical (unpaired) electrons. The molecule has 6 heteroatoms. The first kappa shape index (κ1) is 15.1. The quantitative estimate of drug-likeness (QED) is 0.763. The van der Waals surface area contributed by atoms with Gasteiger partial charge in [-0.2, -0.15) is 0 Å². The lowest BCUT2D eigenvalue weighted by atomic mass is 10.1. The Bertz CT molecular complexity index is 984. The van der Waals surface area contributed by atoms with E-state index in [9.17, 15) is 4.79 Å². The second-order valence-corrected chi connectivity index (χ2v) is 6.26. The number of nitrogens with zero attached hydrogens (tertiary/aromatic N) is 1. The van der Waals surface area contributed by atoms with Crippen LogP contribution < -0.4 is 15.9 Å².